The highest BCUT2D eigenvalue weighted by molar-refractivity contribution is 6.19. The minimum absolute atomic E-state index is 0. The molecule has 5 rings (SSSR count). The Morgan fingerprint density at radius 3 is 2.29 bits per heavy atom. The van der Waals surface area contributed by atoms with Gasteiger partial charge in [-0.2, -0.15) is 0 Å². The average Bonchev–Trinajstić information content (AvgIpc) is 3.31. The molecule has 3 aromatic heterocycles. The topological polar surface area (TPSA) is 91.9 Å². The zero-order valence-corrected chi connectivity index (χ0v) is 26.3. The molecular formula is C31H37Cl2N5O4. The molecule has 4 aromatic rings. The number of rotatable bonds is 7. The molecule has 0 aliphatic carbocycles. The molecular weight excluding hydrogens is 577 g/mol. The van der Waals surface area contributed by atoms with Crippen LogP contribution in [0, 0.1) is 19.3 Å². The van der Waals surface area contributed by atoms with Crippen molar-refractivity contribution in [3.8, 4) is 0 Å². The number of nitrogens with zero attached hydrogens (tertiary/aromatic N) is 5. The molecule has 1 aliphatic heterocycles. The van der Waals surface area contributed by atoms with Crippen molar-refractivity contribution in [1.82, 2.24) is 14.5 Å². The number of hydrogen-bond donors (Lipinski definition) is 0. The number of benzene rings is 1. The van der Waals surface area contributed by atoms with Crippen molar-refractivity contribution in [1.29, 1.82) is 0 Å². The van der Waals surface area contributed by atoms with Gasteiger partial charge in [-0.15, -0.1) is 24.8 Å². The molecule has 4 heterocycles. The van der Waals surface area contributed by atoms with Crippen molar-refractivity contribution in [2.24, 2.45) is 5.41 Å². The van der Waals surface area contributed by atoms with Crippen molar-refractivity contribution >= 4 is 59.0 Å². The van der Waals surface area contributed by atoms with Gasteiger partial charge in [0.1, 0.15) is 16.8 Å². The predicted molar refractivity (Wildman–Crippen MR) is 170 cm³/mol. The highest BCUT2D eigenvalue weighted by Crippen LogP contribution is 2.38. The van der Waals surface area contributed by atoms with E-state index in [2.05, 4.69) is 16.0 Å². The van der Waals surface area contributed by atoms with Crippen LogP contribution in [0.4, 0.5) is 11.4 Å². The molecule has 0 saturated heterocycles. The molecule has 0 radical (unpaired) electrons. The van der Waals surface area contributed by atoms with Gasteiger partial charge in [0.25, 0.3) is 5.56 Å². The minimum atomic E-state index is -1.16. The second kappa shape index (κ2) is 12.7. The molecule has 2 amide bonds. The molecule has 9 nitrogen and oxygen atoms in total. The van der Waals surface area contributed by atoms with Gasteiger partial charge in [0.05, 0.1) is 16.8 Å². The lowest BCUT2D eigenvalue weighted by Crippen LogP contribution is -2.46. The molecule has 0 fully saturated rings. The molecule has 0 spiro atoms. The number of pyridine rings is 2. The van der Waals surface area contributed by atoms with E-state index in [9.17, 15) is 14.4 Å². The van der Waals surface area contributed by atoms with Crippen molar-refractivity contribution in [2.75, 3.05) is 30.4 Å². The fourth-order valence-corrected chi connectivity index (χ4v) is 5.39. The summed E-state index contributed by atoms with van der Waals surface area (Å²) < 4.78 is 7.33. The molecule has 0 N–H and O–H groups in total. The average molecular weight is 615 g/mol. The fraction of sp³-hybridized carbons (Fsp3) is 0.355. The number of amides is 2. The molecule has 0 saturated carbocycles. The van der Waals surface area contributed by atoms with Gasteiger partial charge in [0, 0.05) is 58.4 Å². The van der Waals surface area contributed by atoms with Crippen LogP contribution in [0.2, 0.25) is 0 Å². The summed E-state index contributed by atoms with van der Waals surface area (Å²) in [5.74, 6) is 0.230. The Bertz CT molecular complexity index is 1680. The number of anilines is 2. The quantitative estimate of drug-likeness (QED) is 0.269. The van der Waals surface area contributed by atoms with Crippen molar-refractivity contribution in [3.63, 3.8) is 0 Å². The number of carbonyl (C=O) groups excluding carboxylic acids is 2. The molecule has 0 unspecified atom stereocenters. The Kier molecular flexibility index (Phi) is 9.92. The van der Waals surface area contributed by atoms with Crippen molar-refractivity contribution in [3.05, 3.63) is 87.8 Å². The second-order valence-corrected chi connectivity index (χ2v) is 11.1. The number of carbonyl (C=O) groups is 2. The molecule has 224 valence electrons. The molecule has 42 heavy (non-hydrogen) atoms. The molecule has 0 atom stereocenters. The van der Waals surface area contributed by atoms with E-state index in [4.69, 9.17) is 4.42 Å². The van der Waals surface area contributed by atoms with Crippen molar-refractivity contribution in [2.45, 2.75) is 47.3 Å². The Balaban J connectivity index is 0.00000242. The monoisotopic (exact) mass is 613 g/mol. The van der Waals surface area contributed by atoms with Crippen LogP contribution in [0.1, 0.15) is 36.4 Å². The highest BCUT2D eigenvalue weighted by Gasteiger charge is 2.44. The number of aryl methyl sites for hydroxylation is 2. The summed E-state index contributed by atoms with van der Waals surface area (Å²) >= 11 is 0. The maximum Gasteiger partial charge on any atom is 0.261 e. The van der Waals surface area contributed by atoms with Gasteiger partial charge in [0.15, 0.2) is 0 Å². The van der Waals surface area contributed by atoms with Crippen LogP contribution in [0.15, 0.2) is 64.1 Å². The van der Waals surface area contributed by atoms with Gasteiger partial charge in [0.2, 0.25) is 11.8 Å². The third kappa shape index (κ3) is 6.09. The first-order chi connectivity index (χ1) is 19.0. The van der Waals surface area contributed by atoms with Gasteiger partial charge in [-0.3, -0.25) is 24.3 Å². The van der Waals surface area contributed by atoms with Gasteiger partial charge < -0.3 is 18.8 Å². The zero-order chi connectivity index (χ0) is 28.8. The largest absolute Gasteiger partial charge is 0.461 e. The molecule has 0 bridgehead atoms. The third-order valence-electron chi connectivity index (χ3n) is 7.80. The van der Waals surface area contributed by atoms with Gasteiger partial charge in [-0.1, -0.05) is 12.1 Å². The second-order valence-electron chi connectivity index (χ2n) is 11.1. The Morgan fingerprint density at radius 2 is 1.60 bits per heavy atom. The normalized spacial score (nSPS) is 14.5. The summed E-state index contributed by atoms with van der Waals surface area (Å²) in [5.41, 5.74) is 3.80. The maximum atomic E-state index is 13.2. The SMILES string of the molecule is Cc1cc2c(=O)n(CCN(Cc3ccc4c(c3)N(C)C(=O)C(C)(C)C(=O)N4C)Cc3cccnc3C)ccc2o1.Cl.Cl. The minimum Gasteiger partial charge on any atom is -0.461 e. The maximum absolute atomic E-state index is 13.2. The van der Waals surface area contributed by atoms with Crippen LogP contribution in [0.5, 0.6) is 0 Å². The lowest BCUT2D eigenvalue weighted by Gasteiger charge is -2.26. The van der Waals surface area contributed by atoms with E-state index in [0.717, 1.165) is 16.8 Å². The van der Waals surface area contributed by atoms with Crippen LogP contribution in [-0.2, 0) is 29.2 Å². The fourth-order valence-electron chi connectivity index (χ4n) is 5.39. The van der Waals surface area contributed by atoms with E-state index < -0.39 is 5.41 Å². The van der Waals surface area contributed by atoms with Gasteiger partial charge >= 0.3 is 0 Å². The first-order valence-electron chi connectivity index (χ1n) is 13.4. The molecule has 1 aliphatic rings. The summed E-state index contributed by atoms with van der Waals surface area (Å²) in [4.78, 5) is 49.2. The van der Waals surface area contributed by atoms with Crippen LogP contribution < -0.4 is 15.4 Å². The van der Waals surface area contributed by atoms with E-state index >= 15 is 0 Å². The molecule has 1 aromatic carbocycles. The van der Waals surface area contributed by atoms with E-state index in [-0.39, 0.29) is 42.2 Å². The lowest BCUT2D eigenvalue weighted by atomic mass is 9.90. The van der Waals surface area contributed by atoms with E-state index in [1.165, 1.54) is 0 Å². The third-order valence-corrected chi connectivity index (χ3v) is 7.80. The first-order valence-corrected chi connectivity index (χ1v) is 13.4. The Hall–Kier alpha value is -3.66. The van der Waals surface area contributed by atoms with Gasteiger partial charge in [-0.25, -0.2) is 0 Å². The van der Waals surface area contributed by atoms with Crippen LogP contribution in [-0.4, -0.2) is 46.9 Å². The summed E-state index contributed by atoms with van der Waals surface area (Å²) in [6.07, 6.45) is 3.56. The number of fused-ring (bicyclic) bond motifs is 2. The number of halogens is 2. The van der Waals surface area contributed by atoms with Crippen LogP contribution in [0.3, 0.4) is 0 Å². The van der Waals surface area contributed by atoms with E-state index in [0.29, 0.717) is 54.3 Å². The highest BCUT2D eigenvalue weighted by atomic mass is 35.5. The number of hydrogen-bond acceptors (Lipinski definition) is 6. The number of furan rings is 1. The smallest absolute Gasteiger partial charge is 0.261 e. The lowest BCUT2D eigenvalue weighted by molar-refractivity contribution is -0.137. The van der Waals surface area contributed by atoms with Gasteiger partial charge in [-0.05, 0) is 69.2 Å². The summed E-state index contributed by atoms with van der Waals surface area (Å²) in [7, 11) is 3.43. The Labute approximate surface area is 257 Å². The predicted octanol–water partition coefficient (Wildman–Crippen LogP) is 5.12. The van der Waals surface area contributed by atoms with E-state index in [1.807, 2.05) is 44.2 Å². The standard InChI is InChI=1S/C31H35N5O4.2ClH/c1-20-16-24-27(40-20)11-13-36(28(24)37)15-14-35(19-23-8-7-12-32-21(23)2)18-22-9-10-25-26(17-22)34(6)30(39)31(3,4)29(38)33(25)5;;/h7-13,16-17H,14-15,18-19H2,1-6H3;2*1H. The van der Waals surface area contributed by atoms with Crippen molar-refractivity contribution < 1.29 is 14.0 Å². The van der Waals surface area contributed by atoms with Crippen LogP contribution >= 0.6 is 24.8 Å². The molecule has 11 heteroatoms. The summed E-state index contributed by atoms with van der Waals surface area (Å²) in [6, 6.07) is 13.5. The Morgan fingerprint density at radius 1 is 0.905 bits per heavy atom. The van der Waals surface area contributed by atoms with E-state index in [1.54, 1.807) is 60.8 Å². The summed E-state index contributed by atoms with van der Waals surface area (Å²) in [6.45, 7) is 9.47. The van der Waals surface area contributed by atoms with Crippen LogP contribution in [0.25, 0.3) is 11.0 Å². The zero-order valence-electron chi connectivity index (χ0n) is 24.7. The number of aromatic nitrogens is 2. The first kappa shape index (κ1) is 32.8. The summed E-state index contributed by atoms with van der Waals surface area (Å²) in [5, 5.41) is 0.578.